The summed E-state index contributed by atoms with van der Waals surface area (Å²) in [4.78, 5) is 0. The van der Waals surface area contributed by atoms with Gasteiger partial charge in [0.15, 0.2) is 11.5 Å². The summed E-state index contributed by atoms with van der Waals surface area (Å²) in [6.45, 7) is 2.11. The molecule has 1 rings (SSSR count). The van der Waals surface area contributed by atoms with Gasteiger partial charge in [-0.05, 0) is 18.6 Å². The highest BCUT2D eigenvalue weighted by atomic mass is 35.5. The molecule has 4 nitrogen and oxygen atoms in total. The molecule has 0 aliphatic carbocycles. The maximum absolute atomic E-state index is 9.62. The van der Waals surface area contributed by atoms with E-state index in [0.29, 0.717) is 5.56 Å². The summed E-state index contributed by atoms with van der Waals surface area (Å²) in [6, 6.07) is 2.57. The van der Waals surface area contributed by atoms with Crippen molar-refractivity contribution in [1.29, 1.82) is 0 Å². The number of hydrogen-bond donors (Lipinski definition) is 4. The van der Waals surface area contributed by atoms with Crippen molar-refractivity contribution in [2.75, 3.05) is 0 Å². The third-order valence-electron chi connectivity index (χ3n) is 2.68. The van der Waals surface area contributed by atoms with Crippen molar-refractivity contribution < 1.29 is 15.3 Å². The Bertz CT molecular complexity index is 358. The Kier molecular flexibility index (Phi) is 6.76. The van der Waals surface area contributed by atoms with Gasteiger partial charge in [-0.3, -0.25) is 0 Å². The number of aromatic hydroxyl groups is 3. The van der Waals surface area contributed by atoms with Gasteiger partial charge in [-0.15, -0.1) is 12.4 Å². The lowest BCUT2D eigenvalue weighted by atomic mass is 10.00. The molecule has 1 aromatic carbocycles. The molecule has 5 N–H and O–H groups in total. The Labute approximate surface area is 107 Å². The van der Waals surface area contributed by atoms with Crippen LogP contribution >= 0.6 is 12.4 Å². The van der Waals surface area contributed by atoms with E-state index in [1.807, 2.05) is 0 Å². The molecule has 17 heavy (non-hydrogen) atoms. The number of rotatable bonds is 5. The number of unbranched alkanes of at least 4 members (excludes halogenated alkanes) is 2. The van der Waals surface area contributed by atoms with Gasteiger partial charge in [-0.2, -0.15) is 0 Å². The Hall–Kier alpha value is -1.13. The molecular weight excluding hydrogens is 242 g/mol. The van der Waals surface area contributed by atoms with E-state index in [-0.39, 0.29) is 29.9 Å². The SMILES string of the molecule is CCCCC[C@H](N)c1ccc(O)c(O)c1O.Cl. The molecule has 0 spiro atoms. The molecule has 1 atom stereocenters. The zero-order valence-corrected chi connectivity index (χ0v) is 10.7. The predicted octanol–water partition coefficient (Wildman–Crippen LogP) is 2.81. The fourth-order valence-corrected chi connectivity index (χ4v) is 1.65. The third-order valence-corrected chi connectivity index (χ3v) is 2.68. The van der Waals surface area contributed by atoms with Gasteiger partial charge >= 0.3 is 0 Å². The summed E-state index contributed by atoms with van der Waals surface area (Å²) in [5.74, 6) is -1.14. The molecule has 5 heteroatoms. The van der Waals surface area contributed by atoms with Crippen LogP contribution in [-0.2, 0) is 0 Å². The minimum absolute atomic E-state index is 0. The molecule has 0 aliphatic heterocycles. The number of phenolic OH excluding ortho intramolecular Hbond substituents is 3. The van der Waals surface area contributed by atoms with E-state index in [4.69, 9.17) is 10.8 Å². The van der Waals surface area contributed by atoms with Crippen LogP contribution in [0.15, 0.2) is 12.1 Å². The molecule has 0 saturated carbocycles. The molecule has 0 bridgehead atoms. The van der Waals surface area contributed by atoms with Gasteiger partial charge in [-0.25, -0.2) is 0 Å². The Morgan fingerprint density at radius 3 is 2.35 bits per heavy atom. The van der Waals surface area contributed by atoms with Crippen LogP contribution in [0.4, 0.5) is 0 Å². The lowest BCUT2D eigenvalue weighted by Crippen LogP contribution is -2.10. The molecular formula is C12H20ClNO3. The van der Waals surface area contributed by atoms with Crippen LogP contribution in [0.25, 0.3) is 0 Å². The highest BCUT2D eigenvalue weighted by Crippen LogP contribution is 2.39. The van der Waals surface area contributed by atoms with E-state index in [9.17, 15) is 10.2 Å². The molecule has 0 saturated heterocycles. The van der Waals surface area contributed by atoms with E-state index in [1.54, 1.807) is 6.07 Å². The number of phenols is 3. The standard InChI is InChI=1S/C12H19NO3.ClH/c1-2-3-4-5-9(13)8-6-7-10(14)12(16)11(8)15;/h6-7,9,14-16H,2-5,13H2,1H3;1H/t9-;/m0./s1. The number of benzene rings is 1. The quantitative estimate of drug-likeness (QED) is 0.485. The first-order valence-electron chi connectivity index (χ1n) is 5.57. The maximum Gasteiger partial charge on any atom is 0.200 e. The number of nitrogens with two attached hydrogens (primary N) is 1. The highest BCUT2D eigenvalue weighted by Gasteiger charge is 2.16. The number of hydrogen-bond acceptors (Lipinski definition) is 4. The van der Waals surface area contributed by atoms with E-state index in [0.717, 1.165) is 25.7 Å². The van der Waals surface area contributed by atoms with Crippen LogP contribution in [0.3, 0.4) is 0 Å². The molecule has 0 unspecified atom stereocenters. The Morgan fingerprint density at radius 1 is 1.12 bits per heavy atom. The fraction of sp³-hybridized carbons (Fsp3) is 0.500. The molecule has 0 amide bonds. The Balaban J connectivity index is 0.00000256. The molecule has 0 heterocycles. The minimum atomic E-state index is -0.497. The van der Waals surface area contributed by atoms with Gasteiger partial charge in [-0.1, -0.05) is 26.2 Å². The largest absolute Gasteiger partial charge is 0.504 e. The third kappa shape index (κ3) is 3.98. The second-order valence-corrected chi connectivity index (χ2v) is 3.97. The summed E-state index contributed by atoms with van der Waals surface area (Å²) in [7, 11) is 0. The normalized spacial score (nSPS) is 11.9. The summed E-state index contributed by atoms with van der Waals surface area (Å²) in [5, 5.41) is 28.1. The zero-order chi connectivity index (χ0) is 12.1. The van der Waals surface area contributed by atoms with E-state index < -0.39 is 5.75 Å². The molecule has 0 radical (unpaired) electrons. The lowest BCUT2D eigenvalue weighted by molar-refractivity contribution is 0.362. The van der Waals surface area contributed by atoms with E-state index >= 15 is 0 Å². The topological polar surface area (TPSA) is 86.7 Å². The predicted molar refractivity (Wildman–Crippen MR) is 69.8 cm³/mol. The lowest BCUT2D eigenvalue weighted by Gasteiger charge is -2.14. The van der Waals surface area contributed by atoms with Crippen LogP contribution in [0.2, 0.25) is 0 Å². The molecule has 98 valence electrons. The highest BCUT2D eigenvalue weighted by molar-refractivity contribution is 5.85. The van der Waals surface area contributed by atoms with Crippen molar-refractivity contribution in [3.63, 3.8) is 0 Å². The van der Waals surface area contributed by atoms with Gasteiger partial charge in [0.1, 0.15) is 0 Å². The van der Waals surface area contributed by atoms with Crippen LogP contribution in [0.5, 0.6) is 17.2 Å². The van der Waals surface area contributed by atoms with Gasteiger partial charge in [0.25, 0.3) is 0 Å². The second-order valence-electron chi connectivity index (χ2n) is 3.97. The first-order valence-corrected chi connectivity index (χ1v) is 5.57. The van der Waals surface area contributed by atoms with E-state index in [2.05, 4.69) is 6.92 Å². The average Bonchev–Trinajstić information content (AvgIpc) is 2.26. The molecule has 0 fully saturated rings. The van der Waals surface area contributed by atoms with Gasteiger partial charge in [0.05, 0.1) is 0 Å². The Morgan fingerprint density at radius 2 is 1.76 bits per heavy atom. The maximum atomic E-state index is 9.62. The van der Waals surface area contributed by atoms with Crippen molar-refractivity contribution >= 4 is 12.4 Å². The van der Waals surface area contributed by atoms with Crippen LogP contribution in [0.1, 0.15) is 44.2 Å². The summed E-state index contributed by atoms with van der Waals surface area (Å²) >= 11 is 0. The summed E-state index contributed by atoms with van der Waals surface area (Å²) in [5.41, 5.74) is 6.38. The fourth-order valence-electron chi connectivity index (χ4n) is 1.65. The van der Waals surface area contributed by atoms with Gasteiger partial charge in [0, 0.05) is 11.6 Å². The van der Waals surface area contributed by atoms with Gasteiger partial charge < -0.3 is 21.1 Å². The van der Waals surface area contributed by atoms with Crippen LogP contribution < -0.4 is 5.73 Å². The first kappa shape index (κ1) is 15.9. The van der Waals surface area contributed by atoms with Crippen molar-refractivity contribution in [3.8, 4) is 17.2 Å². The van der Waals surface area contributed by atoms with Crippen LogP contribution in [-0.4, -0.2) is 15.3 Å². The van der Waals surface area contributed by atoms with Crippen molar-refractivity contribution in [2.24, 2.45) is 5.73 Å². The monoisotopic (exact) mass is 261 g/mol. The molecule has 1 aromatic rings. The van der Waals surface area contributed by atoms with Crippen molar-refractivity contribution in [3.05, 3.63) is 17.7 Å². The summed E-state index contributed by atoms with van der Waals surface area (Å²) in [6.07, 6.45) is 3.95. The second kappa shape index (κ2) is 7.25. The zero-order valence-electron chi connectivity index (χ0n) is 9.89. The van der Waals surface area contributed by atoms with Gasteiger partial charge in [0.2, 0.25) is 5.75 Å². The first-order chi connectivity index (χ1) is 7.57. The van der Waals surface area contributed by atoms with E-state index in [1.165, 1.54) is 6.07 Å². The van der Waals surface area contributed by atoms with Crippen molar-refractivity contribution in [2.45, 2.75) is 38.6 Å². The molecule has 0 aromatic heterocycles. The average molecular weight is 262 g/mol. The minimum Gasteiger partial charge on any atom is -0.504 e. The summed E-state index contributed by atoms with van der Waals surface area (Å²) < 4.78 is 0. The molecule has 0 aliphatic rings. The van der Waals surface area contributed by atoms with Crippen LogP contribution in [0, 0.1) is 0 Å². The number of halogens is 1. The van der Waals surface area contributed by atoms with Crippen molar-refractivity contribution in [1.82, 2.24) is 0 Å². The smallest absolute Gasteiger partial charge is 0.200 e.